The zero-order valence-electron chi connectivity index (χ0n) is 8.64. The maximum absolute atomic E-state index is 3.52. The highest BCUT2D eigenvalue weighted by Crippen LogP contribution is 2.13. The largest absolute Gasteiger partial charge is 0.315 e. The van der Waals surface area contributed by atoms with E-state index in [-0.39, 0.29) is 0 Å². The summed E-state index contributed by atoms with van der Waals surface area (Å²) >= 11 is 0. The topological polar surface area (TPSA) is 15.3 Å². The van der Waals surface area contributed by atoms with Gasteiger partial charge in [-0.05, 0) is 38.9 Å². The van der Waals surface area contributed by atoms with Gasteiger partial charge in [-0.1, -0.05) is 13.8 Å². The molecular weight excluding hydrogens is 148 g/mol. The second kappa shape index (κ2) is 4.83. The van der Waals surface area contributed by atoms with Crippen LogP contribution in [0.25, 0.3) is 0 Å². The first-order chi connectivity index (χ1) is 5.70. The molecule has 1 aliphatic rings. The molecule has 0 amide bonds. The molecule has 0 aromatic rings. The smallest absolute Gasteiger partial charge is 0.0218 e. The third-order valence-corrected chi connectivity index (χ3v) is 2.60. The summed E-state index contributed by atoms with van der Waals surface area (Å²) in [6, 6.07) is 0.795. The Bertz CT molecular complexity index is 123. The summed E-state index contributed by atoms with van der Waals surface area (Å²) in [4.78, 5) is 2.47. The number of hydrogen-bond donors (Lipinski definition) is 1. The van der Waals surface area contributed by atoms with E-state index < -0.39 is 0 Å². The van der Waals surface area contributed by atoms with Crippen molar-refractivity contribution in [2.45, 2.75) is 32.7 Å². The summed E-state index contributed by atoms with van der Waals surface area (Å²) in [5, 5.41) is 3.52. The van der Waals surface area contributed by atoms with E-state index in [1.54, 1.807) is 0 Å². The van der Waals surface area contributed by atoms with Gasteiger partial charge < -0.3 is 10.2 Å². The predicted molar refractivity (Wildman–Crippen MR) is 53.4 cm³/mol. The van der Waals surface area contributed by atoms with E-state index >= 15 is 0 Å². The number of rotatable bonds is 4. The Morgan fingerprint density at radius 1 is 1.50 bits per heavy atom. The molecule has 12 heavy (non-hydrogen) atoms. The molecule has 0 saturated carbocycles. The lowest BCUT2D eigenvalue weighted by Crippen LogP contribution is -2.36. The molecule has 0 unspecified atom stereocenters. The van der Waals surface area contributed by atoms with Crippen molar-refractivity contribution in [3.63, 3.8) is 0 Å². The van der Waals surface area contributed by atoms with Crippen LogP contribution in [0.5, 0.6) is 0 Å². The highest BCUT2D eigenvalue weighted by molar-refractivity contribution is 4.78. The van der Waals surface area contributed by atoms with E-state index in [0.29, 0.717) is 0 Å². The fourth-order valence-corrected chi connectivity index (χ4v) is 1.78. The maximum Gasteiger partial charge on any atom is 0.0218 e. The summed E-state index contributed by atoms with van der Waals surface area (Å²) in [6.45, 7) is 8.13. The van der Waals surface area contributed by atoms with Crippen LogP contribution in [-0.4, -0.2) is 37.6 Å². The third kappa shape index (κ3) is 3.11. The number of likely N-dealkylation sites (N-methyl/N-ethyl adjacent to an activating group) is 1. The van der Waals surface area contributed by atoms with E-state index in [4.69, 9.17) is 0 Å². The van der Waals surface area contributed by atoms with Gasteiger partial charge in [-0.3, -0.25) is 0 Å². The molecule has 0 aromatic heterocycles. The zero-order valence-corrected chi connectivity index (χ0v) is 8.64. The molecule has 1 N–H and O–H groups in total. The minimum atomic E-state index is 0.775. The molecule has 1 rings (SSSR count). The lowest BCUT2D eigenvalue weighted by Gasteiger charge is -2.20. The third-order valence-electron chi connectivity index (χ3n) is 2.60. The molecule has 1 saturated heterocycles. The number of nitrogens with one attached hydrogen (secondary N) is 1. The Labute approximate surface area is 76.3 Å². The molecule has 72 valence electrons. The van der Waals surface area contributed by atoms with Crippen molar-refractivity contribution < 1.29 is 0 Å². The van der Waals surface area contributed by atoms with Gasteiger partial charge in [0.05, 0.1) is 0 Å². The van der Waals surface area contributed by atoms with Gasteiger partial charge in [-0.25, -0.2) is 0 Å². The van der Waals surface area contributed by atoms with Crippen LogP contribution in [0.15, 0.2) is 0 Å². The average molecular weight is 170 g/mol. The van der Waals surface area contributed by atoms with Crippen LogP contribution in [0, 0.1) is 5.92 Å². The van der Waals surface area contributed by atoms with Gasteiger partial charge in [0.15, 0.2) is 0 Å². The summed E-state index contributed by atoms with van der Waals surface area (Å²) in [5.74, 6) is 0.775. The van der Waals surface area contributed by atoms with Crippen molar-refractivity contribution in [3.05, 3.63) is 0 Å². The van der Waals surface area contributed by atoms with Crippen molar-refractivity contribution in [2.24, 2.45) is 5.92 Å². The lowest BCUT2D eigenvalue weighted by atomic mass is 10.2. The molecule has 0 radical (unpaired) electrons. The minimum Gasteiger partial charge on any atom is -0.315 e. The Morgan fingerprint density at radius 2 is 2.25 bits per heavy atom. The molecule has 0 aromatic carbocycles. The lowest BCUT2D eigenvalue weighted by molar-refractivity contribution is 0.297. The first-order valence-electron chi connectivity index (χ1n) is 5.11. The fourth-order valence-electron chi connectivity index (χ4n) is 1.78. The molecule has 1 atom stereocenters. The molecule has 2 nitrogen and oxygen atoms in total. The summed E-state index contributed by atoms with van der Waals surface area (Å²) in [5.41, 5.74) is 0. The zero-order chi connectivity index (χ0) is 8.97. The molecule has 0 bridgehead atoms. The van der Waals surface area contributed by atoms with Crippen LogP contribution in [0.2, 0.25) is 0 Å². The van der Waals surface area contributed by atoms with Gasteiger partial charge in [0.25, 0.3) is 0 Å². The molecular formula is C10H22N2. The average Bonchev–Trinajstić information content (AvgIpc) is 2.36. The summed E-state index contributed by atoms with van der Waals surface area (Å²) < 4.78 is 0. The van der Waals surface area contributed by atoms with E-state index in [0.717, 1.165) is 18.5 Å². The van der Waals surface area contributed by atoms with E-state index in [2.05, 4.69) is 31.1 Å². The van der Waals surface area contributed by atoms with Gasteiger partial charge >= 0.3 is 0 Å². The quantitative estimate of drug-likeness (QED) is 0.684. The van der Waals surface area contributed by atoms with Crippen LogP contribution < -0.4 is 5.32 Å². The molecule has 1 fully saturated rings. The SMILES string of the molecule is CC(C)CNC[C@@H]1CCCN1C. The van der Waals surface area contributed by atoms with Crippen molar-refractivity contribution in [1.29, 1.82) is 0 Å². The maximum atomic E-state index is 3.52. The van der Waals surface area contributed by atoms with E-state index in [1.807, 2.05) is 0 Å². The van der Waals surface area contributed by atoms with Gasteiger partial charge in [0.1, 0.15) is 0 Å². The predicted octanol–water partition coefficient (Wildman–Crippen LogP) is 1.33. The fraction of sp³-hybridized carbons (Fsp3) is 1.00. The summed E-state index contributed by atoms with van der Waals surface area (Å²) in [7, 11) is 2.23. The number of nitrogens with zero attached hydrogens (tertiary/aromatic N) is 1. The van der Waals surface area contributed by atoms with Crippen LogP contribution in [0.4, 0.5) is 0 Å². The second-order valence-corrected chi connectivity index (χ2v) is 4.33. The van der Waals surface area contributed by atoms with Crippen LogP contribution in [-0.2, 0) is 0 Å². The Hall–Kier alpha value is -0.0800. The van der Waals surface area contributed by atoms with Crippen LogP contribution >= 0.6 is 0 Å². The van der Waals surface area contributed by atoms with Crippen molar-refractivity contribution in [2.75, 3.05) is 26.7 Å². The number of likely N-dealkylation sites (tertiary alicyclic amines) is 1. The van der Waals surface area contributed by atoms with Crippen molar-refractivity contribution in [1.82, 2.24) is 10.2 Å². The minimum absolute atomic E-state index is 0.775. The monoisotopic (exact) mass is 170 g/mol. The van der Waals surface area contributed by atoms with Crippen LogP contribution in [0.1, 0.15) is 26.7 Å². The van der Waals surface area contributed by atoms with E-state index in [9.17, 15) is 0 Å². The van der Waals surface area contributed by atoms with Crippen molar-refractivity contribution in [3.8, 4) is 0 Å². The molecule has 0 aliphatic carbocycles. The molecule has 1 aliphatic heterocycles. The second-order valence-electron chi connectivity index (χ2n) is 4.33. The normalized spacial score (nSPS) is 25.5. The first kappa shape index (κ1) is 10.0. The first-order valence-corrected chi connectivity index (χ1v) is 5.11. The highest BCUT2D eigenvalue weighted by atomic mass is 15.2. The molecule has 0 spiro atoms. The molecule has 1 heterocycles. The van der Waals surface area contributed by atoms with Gasteiger partial charge in [0, 0.05) is 12.6 Å². The van der Waals surface area contributed by atoms with Gasteiger partial charge in [-0.2, -0.15) is 0 Å². The Kier molecular flexibility index (Phi) is 4.02. The Balaban J connectivity index is 2.06. The van der Waals surface area contributed by atoms with E-state index in [1.165, 1.54) is 25.9 Å². The van der Waals surface area contributed by atoms with Gasteiger partial charge in [0.2, 0.25) is 0 Å². The van der Waals surface area contributed by atoms with Crippen molar-refractivity contribution >= 4 is 0 Å². The van der Waals surface area contributed by atoms with Crippen LogP contribution in [0.3, 0.4) is 0 Å². The number of hydrogen-bond acceptors (Lipinski definition) is 2. The highest BCUT2D eigenvalue weighted by Gasteiger charge is 2.19. The summed E-state index contributed by atoms with van der Waals surface area (Å²) in [6.07, 6.45) is 2.76. The standard InChI is InChI=1S/C10H22N2/c1-9(2)7-11-8-10-5-4-6-12(10)3/h9-11H,4-8H2,1-3H3/t10-/m0/s1. The molecule has 2 heteroatoms. The van der Waals surface area contributed by atoms with Gasteiger partial charge in [-0.15, -0.1) is 0 Å². The Morgan fingerprint density at radius 3 is 2.75 bits per heavy atom.